The molecule has 4 nitrogen and oxygen atoms in total. The fourth-order valence-electron chi connectivity index (χ4n) is 0.808. The second-order valence-electron chi connectivity index (χ2n) is 2.42. The standard InChI is InChI=1S/C7H7ClO4/c8-7(12)3-4(6(10)11)1-2-5(7)9/h1-3,5,9,12H,(H,10,11)/p-1/t5-,7+/m0/s1. The summed E-state index contributed by atoms with van der Waals surface area (Å²) >= 11 is 5.35. The number of carbonyl (C=O) groups excluding carboxylic acids is 1. The highest BCUT2D eigenvalue weighted by Gasteiger charge is 2.31. The van der Waals surface area contributed by atoms with Crippen molar-refractivity contribution in [2.75, 3.05) is 0 Å². The molecule has 2 atom stereocenters. The number of hydrogen-bond donors (Lipinski definition) is 2. The predicted molar refractivity (Wildman–Crippen MR) is 39.0 cm³/mol. The zero-order valence-corrected chi connectivity index (χ0v) is 6.65. The smallest absolute Gasteiger partial charge is 0.188 e. The number of alkyl halides is 1. The summed E-state index contributed by atoms with van der Waals surface area (Å²) in [4.78, 5) is 10.3. The number of carboxylic acids is 1. The number of aliphatic hydroxyl groups is 2. The summed E-state index contributed by atoms with van der Waals surface area (Å²) in [5, 5.41) is 26.4. The summed E-state index contributed by atoms with van der Waals surface area (Å²) in [6.45, 7) is 0. The van der Waals surface area contributed by atoms with Crippen LogP contribution in [0, 0.1) is 0 Å². The molecule has 2 N–H and O–H groups in total. The van der Waals surface area contributed by atoms with E-state index in [4.69, 9.17) is 21.8 Å². The summed E-state index contributed by atoms with van der Waals surface area (Å²) < 4.78 is 0. The molecule has 1 aliphatic carbocycles. The van der Waals surface area contributed by atoms with Crippen molar-refractivity contribution in [2.24, 2.45) is 0 Å². The van der Waals surface area contributed by atoms with Crippen molar-refractivity contribution in [3.8, 4) is 0 Å². The van der Waals surface area contributed by atoms with Crippen LogP contribution in [0.2, 0.25) is 0 Å². The van der Waals surface area contributed by atoms with Gasteiger partial charge in [0.1, 0.15) is 6.10 Å². The number of halogens is 1. The average Bonchev–Trinajstić information content (AvgIpc) is 1.94. The van der Waals surface area contributed by atoms with E-state index in [1.165, 1.54) is 0 Å². The first-order chi connectivity index (χ1) is 5.43. The van der Waals surface area contributed by atoms with Crippen LogP contribution >= 0.6 is 11.6 Å². The second kappa shape index (κ2) is 2.90. The van der Waals surface area contributed by atoms with E-state index in [0.717, 1.165) is 18.2 Å². The van der Waals surface area contributed by atoms with Gasteiger partial charge in [0.05, 0.1) is 5.97 Å². The monoisotopic (exact) mass is 189 g/mol. The molecular formula is C7H6ClO4-. The van der Waals surface area contributed by atoms with Gasteiger partial charge in [-0.15, -0.1) is 0 Å². The molecule has 66 valence electrons. The Labute approximate surface area is 73.4 Å². The van der Waals surface area contributed by atoms with E-state index in [1.807, 2.05) is 0 Å². The SMILES string of the molecule is O=C([O-])C1=C[C@](O)(Cl)[C@@H](O)C=C1. The van der Waals surface area contributed by atoms with E-state index in [9.17, 15) is 9.90 Å². The van der Waals surface area contributed by atoms with Gasteiger partial charge in [-0.2, -0.15) is 0 Å². The molecule has 0 aliphatic heterocycles. The molecule has 0 fully saturated rings. The van der Waals surface area contributed by atoms with Crippen molar-refractivity contribution < 1.29 is 20.1 Å². The van der Waals surface area contributed by atoms with Crippen LogP contribution in [0.15, 0.2) is 23.8 Å². The number of rotatable bonds is 1. The number of carbonyl (C=O) groups is 1. The Balaban J connectivity index is 2.97. The summed E-state index contributed by atoms with van der Waals surface area (Å²) in [7, 11) is 0. The Kier molecular flexibility index (Phi) is 2.23. The van der Waals surface area contributed by atoms with Gasteiger partial charge in [0.2, 0.25) is 0 Å². The topological polar surface area (TPSA) is 80.6 Å². The van der Waals surface area contributed by atoms with Crippen LogP contribution in [-0.4, -0.2) is 27.3 Å². The lowest BCUT2D eigenvalue weighted by Crippen LogP contribution is -2.37. The van der Waals surface area contributed by atoms with E-state index in [1.54, 1.807) is 0 Å². The minimum absolute atomic E-state index is 0.252. The Morgan fingerprint density at radius 1 is 1.75 bits per heavy atom. The van der Waals surface area contributed by atoms with E-state index in [-0.39, 0.29) is 5.57 Å². The summed E-state index contributed by atoms with van der Waals surface area (Å²) in [6, 6.07) is 0. The third-order valence-corrected chi connectivity index (χ3v) is 1.80. The first kappa shape index (κ1) is 9.25. The lowest BCUT2D eigenvalue weighted by Gasteiger charge is -2.25. The van der Waals surface area contributed by atoms with E-state index < -0.39 is 17.1 Å². The number of carboxylic acid groups (broad SMARTS) is 1. The summed E-state index contributed by atoms with van der Waals surface area (Å²) in [5.41, 5.74) is -0.252. The van der Waals surface area contributed by atoms with Crippen molar-refractivity contribution >= 4 is 17.6 Å². The van der Waals surface area contributed by atoms with Gasteiger partial charge in [-0.05, 0) is 11.6 Å². The summed E-state index contributed by atoms with van der Waals surface area (Å²) in [6.07, 6.45) is 1.73. The molecule has 0 spiro atoms. The third-order valence-electron chi connectivity index (χ3n) is 1.47. The quantitative estimate of drug-likeness (QED) is 0.493. The van der Waals surface area contributed by atoms with Crippen molar-refractivity contribution in [1.29, 1.82) is 0 Å². The average molecular weight is 190 g/mol. The normalized spacial score (nSPS) is 34.6. The molecular weight excluding hydrogens is 184 g/mol. The molecule has 0 heterocycles. The van der Waals surface area contributed by atoms with Crippen LogP contribution < -0.4 is 5.11 Å². The zero-order chi connectivity index (χ0) is 9.35. The van der Waals surface area contributed by atoms with Crippen molar-refractivity contribution in [3.63, 3.8) is 0 Å². The highest BCUT2D eigenvalue weighted by molar-refractivity contribution is 6.25. The first-order valence-electron chi connectivity index (χ1n) is 3.15. The van der Waals surface area contributed by atoms with Crippen LogP contribution in [0.5, 0.6) is 0 Å². The van der Waals surface area contributed by atoms with Gasteiger partial charge in [0.25, 0.3) is 0 Å². The molecule has 0 bridgehead atoms. The van der Waals surface area contributed by atoms with Gasteiger partial charge in [-0.25, -0.2) is 0 Å². The van der Waals surface area contributed by atoms with Gasteiger partial charge < -0.3 is 20.1 Å². The molecule has 0 unspecified atom stereocenters. The molecule has 0 aromatic heterocycles. The van der Waals surface area contributed by atoms with E-state index >= 15 is 0 Å². The maximum atomic E-state index is 10.3. The Bertz CT molecular complexity index is 267. The van der Waals surface area contributed by atoms with E-state index in [2.05, 4.69) is 0 Å². The van der Waals surface area contributed by atoms with Crippen LogP contribution in [0.3, 0.4) is 0 Å². The van der Waals surface area contributed by atoms with Crippen LogP contribution in [0.25, 0.3) is 0 Å². The van der Waals surface area contributed by atoms with Gasteiger partial charge in [0.15, 0.2) is 5.06 Å². The van der Waals surface area contributed by atoms with Gasteiger partial charge in [0, 0.05) is 0 Å². The minimum Gasteiger partial charge on any atom is -0.545 e. The molecule has 5 heteroatoms. The fraction of sp³-hybridized carbons (Fsp3) is 0.286. The Hall–Kier alpha value is -0.840. The molecule has 12 heavy (non-hydrogen) atoms. The van der Waals surface area contributed by atoms with Crippen molar-refractivity contribution in [3.05, 3.63) is 23.8 Å². The molecule has 0 saturated carbocycles. The van der Waals surface area contributed by atoms with Gasteiger partial charge >= 0.3 is 0 Å². The molecule has 1 aliphatic rings. The molecule has 0 amide bonds. The number of hydrogen-bond acceptors (Lipinski definition) is 4. The second-order valence-corrected chi connectivity index (χ2v) is 3.02. The van der Waals surface area contributed by atoms with E-state index in [0.29, 0.717) is 0 Å². The fourth-order valence-corrected chi connectivity index (χ4v) is 0.999. The van der Waals surface area contributed by atoms with Crippen molar-refractivity contribution in [2.45, 2.75) is 11.2 Å². The molecule has 0 saturated heterocycles. The lowest BCUT2D eigenvalue weighted by molar-refractivity contribution is -0.298. The maximum Gasteiger partial charge on any atom is 0.188 e. The minimum atomic E-state index is -2.05. The Morgan fingerprint density at radius 2 is 2.33 bits per heavy atom. The number of aliphatic carboxylic acids is 1. The zero-order valence-electron chi connectivity index (χ0n) is 5.90. The largest absolute Gasteiger partial charge is 0.545 e. The van der Waals surface area contributed by atoms with Crippen molar-refractivity contribution in [1.82, 2.24) is 0 Å². The molecule has 0 aromatic rings. The van der Waals surface area contributed by atoms with Crippen LogP contribution in [0.4, 0.5) is 0 Å². The first-order valence-corrected chi connectivity index (χ1v) is 3.53. The molecule has 0 radical (unpaired) electrons. The Morgan fingerprint density at radius 3 is 2.75 bits per heavy atom. The highest BCUT2D eigenvalue weighted by atomic mass is 35.5. The number of aliphatic hydroxyl groups excluding tert-OH is 1. The van der Waals surface area contributed by atoms with Crippen LogP contribution in [-0.2, 0) is 4.79 Å². The lowest BCUT2D eigenvalue weighted by atomic mass is 10.0. The third kappa shape index (κ3) is 1.66. The summed E-state index contributed by atoms with van der Waals surface area (Å²) in [5.74, 6) is -1.45. The van der Waals surface area contributed by atoms with Gasteiger partial charge in [-0.3, -0.25) is 0 Å². The predicted octanol–water partition coefficient (Wildman–Crippen LogP) is -1.48. The maximum absolute atomic E-state index is 10.3. The van der Waals surface area contributed by atoms with Gasteiger partial charge in [-0.1, -0.05) is 23.8 Å². The molecule has 0 aromatic carbocycles. The molecule has 1 rings (SSSR count). The van der Waals surface area contributed by atoms with Crippen LogP contribution in [0.1, 0.15) is 0 Å². The highest BCUT2D eigenvalue weighted by Crippen LogP contribution is 2.25.